The molecule has 0 spiro atoms. The molecule has 114 valence electrons. The molecule has 22 heavy (non-hydrogen) atoms. The summed E-state index contributed by atoms with van der Waals surface area (Å²) in [5, 5.41) is 6.97. The molecule has 0 bridgehead atoms. The molecule has 0 aliphatic carbocycles. The molecular formula is C17H17ClFN2O+. The second-order valence-electron chi connectivity index (χ2n) is 5.33. The summed E-state index contributed by atoms with van der Waals surface area (Å²) < 4.78 is 13.1. The molecule has 2 N–H and O–H groups in total. The van der Waals surface area contributed by atoms with Crippen molar-refractivity contribution in [2.24, 2.45) is 5.16 Å². The number of hydrogen-bond donors (Lipinski definition) is 1. The fourth-order valence-electron chi connectivity index (χ4n) is 2.47. The van der Waals surface area contributed by atoms with E-state index in [2.05, 4.69) is 10.5 Å². The first kappa shape index (κ1) is 15.0. The number of benzene rings is 2. The monoisotopic (exact) mass is 319 g/mol. The summed E-state index contributed by atoms with van der Waals surface area (Å²) in [5.41, 5.74) is 2.95. The minimum absolute atomic E-state index is 0.0548. The predicted molar refractivity (Wildman–Crippen MR) is 84.4 cm³/mol. The third-order valence-corrected chi connectivity index (χ3v) is 3.86. The molecule has 0 amide bonds. The average molecular weight is 320 g/mol. The van der Waals surface area contributed by atoms with Crippen LogP contribution in [0.4, 0.5) is 4.39 Å². The highest BCUT2D eigenvalue weighted by Crippen LogP contribution is 2.17. The Balaban J connectivity index is 1.47. The maximum Gasteiger partial charge on any atom is 0.181 e. The highest BCUT2D eigenvalue weighted by atomic mass is 35.5. The van der Waals surface area contributed by atoms with Crippen molar-refractivity contribution >= 4 is 17.3 Å². The Morgan fingerprint density at radius 2 is 2.05 bits per heavy atom. The molecule has 0 saturated carbocycles. The number of nitrogens with zero attached hydrogens (tertiary/aromatic N) is 1. The Morgan fingerprint density at radius 3 is 2.82 bits per heavy atom. The van der Waals surface area contributed by atoms with E-state index in [4.69, 9.17) is 16.4 Å². The lowest BCUT2D eigenvalue weighted by Crippen LogP contribution is -2.84. The zero-order chi connectivity index (χ0) is 15.4. The van der Waals surface area contributed by atoms with Gasteiger partial charge in [0.1, 0.15) is 18.9 Å². The zero-order valence-electron chi connectivity index (χ0n) is 12.0. The van der Waals surface area contributed by atoms with Gasteiger partial charge in [0.25, 0.3) is 0 Å². The average Bonchev–Trinajstić information content (AvgIpc) is 2.97. The van der Waals surface area contributed by atoms with Crippen LogP contribution in [0.1, 0.15) is 17.5 Å². The Hall–Kier alpha value is -1.91. The van der Waals surface area contributed by atoms with Crippen molar-refractivity contribution in [1.82, 2.24) is 0 Å². The van der Waals surface area contributed by atoms with E-state index < -0.39 is 0 Å². The second-order valence-corrected chi connectivity index (χ2v) is 5.77. The molecule has 0 radical (unpaired) electrons. The Labute approximate surface area is 133 Å². The van der Waals surface area contributed by atoms with Crippen LogP contribution in [0.5, 0.6) is 0 Å². The number of hydrogen-bond acceptors (Lipinski definition) is 2. The molecule has 0 aromatic heterocycles. The van der Waals surface area contributed by atoms with Gasteiger partial charge in [-0.1, -0.05) is 41.0 Å². The highest BCUT2D eigenvalue weighted by molar-refractivity contribution is 6.30. The highest BCUT2D eigenvalue weighted by Gasteiger charge is 2.23. The minimum Gasteiger partial charge on any atom is -0.386 e. The van der Waals surface area contributed by atoms with Crippen LogP contribution in [0.3, 0.4) is 0 Å². The van der Waals surface area contributed by atoms with Crippen LogP contribution in [-0.4, -0.2) is 18.4 Å². The fraction of sp³-hybridized carbons (Fsp3) is 0.235. The van der Waals surface area contributed by atoms with E-state index in [1.165, 1.54) is 6.07 Å². The molecule has 0 saturated heterocycles. The standard InChI is InChI=1S/C17H16ClFN2O/c18-14-6-4-13(5-7-14)17-9-16(22-21-17)11-20-10-12-2-1-3-15(19)8-12/h1-8,16,20H,9-11H2/p+1/t16-/m1/s1. The first-order valence-corrected chi connectivity index (χ1v) is 7.63. The normalized spacial score (nSPS) is 17.2. The third kappa shape index (κ3) is 3.84. The SMILES string of the molecule is Fc1cccc(C[NH2+]C[C@H]2CC(c3ccc(Cl)cc3)=NO2)c1. The molecule has 1 heterocycles. The molecule has 1 atom stereocenters. The van der Waals surface area contributed by atoms with Crippen molar-refractivity contribution in [3.05, 3.63) is 70.5 Å². The lowest BCUT2D eigenvalue weighted by molar-refractivity contribution is -0.676. The van der Waals surface area contributed by atoms with E-state index in [-0.39, 0.29) is 11.9 Å². The topological polar surface area (TPSA) is 38.2 Å². The van der Waals surface area contributed by atoms with Crippen molar-refractivity contribution in [3.63, 3.8) is 0 Å². The summed E-state index contributed by atoms with van der Waals surface area (Å²) in [5.74, 6) is -0.198. The van der Waals surface area contributed by atoms with E-state index >= 15 is 0 Å². The molecule has 3 rings (SSSR count). The second kappa shape index (κ2) is 6.90. The van der Waals surface area contributed by atoms with Gasteiger partial charge in [0.05, 0.1) is 5.71 Å². The van der Waals surface area contributed by atoms with Crippen molar-refractivity contribution in [3.8, 4) is 0 Å². The van der Waals surface area contributed by atoms with Gasteiger partial charge in [-0.25, -0.2) is 4.39 Å². The number of quaternary nitrogens is 1. The Kier molecular flexibility index (Phi) is 4.71. The van der Waals surface area contributed by atoms with Gasteiger partial charge >= 0.3 is 0 Å². The molecule has 0 fully saturated rings. The molecule has 2 aromatic rings. The zero-order valence-corrected chi connectivity index (χ0v) is 12.8. The first-order chi connectivity index (χ1) is 10.7. The van der Waals surface area contributed by atoms with Crippen molar-refractivity contribution in [2.45, 2.75) is 19.1 Å². The quantitative estimate of drug-likeness (QED) is 0.904. The summed E-state index contributed by atoms with van der Waals surface area (Å²) in [4.78, 5) is 5.46. The van der Waals surface area contributed by atoms with Crippen LogP contribution in [-0.2, 0) is 11.4 Å². The molecule has 1 aliphatic rings. The van der Waals surface area contributed by atoms with Crippen LogP contribution < -0.4 is 5.32 Å². The summed E-state index contributed by atoms with van der Waals surface area (Å²) in [7, 11) is 0. The van der Waals surface area contributed by atoms with Crippen molar-refractivity contribution < 1.29 is 14.5 Å². The van der Waals surface area contributed by atoms with Crippen molar-refractivity contribution in [1.29, 1.82) is 0 Å². The number of oxime groups is 1. The summed E-state index contributed by atoms with van der Waals surface area (Å²) in [6.45, 7) is 1.52. The Morgan fingerprint density at radius 1 is 1.23 bits per heavy atom. The summed E-state index contributed by atoms with van der Waals surface area (Å²) in [6, 6.07) is 14.3. The van der Waals surface area contributed by atoms with E-state index in [0.29, 0.717) is 5.02 Å². The number of nitrogens with two attached hydrogens (primary N) is 1. The molecule has 5 heteroatoms. The van der Waals surface area contributed by atoms with Crippen LogP contribution in [0.2, 0.25) is 5.02 Å². The molecule has 2 aromatic carbocycles. The lowest BCUT2D eigenvalue weighted by Gasteiger charge is -2.07. The smallest absolute Gasteiger partial charge is 0.181 e. The van der Waals surface area contributed by atoms with Crippen molar-refractivity contribution in [2.75, 3.05) is 6.54 Å². The minimum atomic E-state index is -0.198. The largest absolute Gasteiger partial charge is 0.386 e. The van der Waals surface area contributed by atoms with Gasteiger partial charge in [-0.3, -0.25) is 0 Å². The van der Waals surface area contributed by atoms with E-state index in [1.807, 2.05) is 30.3 Å². The fourth-order valence-corrected chi connectivity index (χ4v) is 2.59. The Bertz CT molecular complexity index is 673. The summed E-state index contributed by atoms with van der Waals surface area (Å²) >= 11 is 5.88. The molecular weight excluding hydrogens is 303 g/mol. The number of rotatable bonds is 5. The van der Waals surface area contributed by atoms with Crippen LogP contribution in [0.15, 0.2) is 53.7 Å². The third-order valence-electron chi connectivity index (χ3n) is 3.61. The van der Waals surface area contributed by atoms with E-state index in [9.17, 15) is 4.39 Å². The van der Waals surface area contributed by atoms with Gasteiger partial charge in [0.2, 0.25) is 0 Å². The maximum absolute atomic E-state index is 13.1. The number of halogens is 2. The predicted octanol–water partition coefficient (Wildman–Crippen LogP) is 2.74. The first-order valence-electron chi connectivity index (χ1n) is 7.25. The van der Waals surface area contributed by atoms with Crippen LogP contribution in [0, 0.1) is 5.82 Å². The van der Waals surface area contributed by atoms with Crippen LogP contribution in [0.25, 0.3) is 0 Å². The van der Waals surface area contributed by atoms with Gasteiger partial charge < -0.3 is 10.2 Å². The van der Waals surface area contributed by atoms with Gasteiger partial charge in [-0.15, -0.1) is 0 Å². The molecule has 3 nitrogen and oxygen atoms in total. The van der Waals surface area contributed by atoms with Crippen LogP contribution >= 0.6 is 11.6 Å². The maximum atomic E-state index is 13.1. The van der Waals surface area contributed by atoms with Gasteiger partial charge in [-0.05, 0) is 29.8 Å². The molecule has 1 aliphatic heterocycles. The van der Waals surface area contributed by atoms with E-state index in [1.54, 1.807) is 12.1 Å². The summed E-state index contributed by atoms with van der Waals surface area (Å²) in [6.07, 6.45) is 0.834. The van der Waals surface area contributed by atoms with Gasteiger partial charge in [0.15, 0.2) is 6.10 Å². The molecule has 0 unspecified atom stereocenters. The lowest BCUT2D eigenvalue weighted by atomic mass is 10.1. The van der Waals surface area contributed by atoms with E-state index in [0.717, 1.165) is 36.3 Å². The van der Waals surface area contributed by atoms with Gasteiger partial charge in [-0.2, -0.15) is 0 Å². The van der Waals surface area contributed by atoms with Gasteiger partial charge in [0, 0.05) is 17.0 Å².